The molecule has 158 valence electrons. The summed E-state index contributed by atoms with van der Waals surface area (Å²) in [5.41, 5.74) is 5.46. The molecule has 0 bridgehead atoms. The highest BCUT2D eigenvalue weighted by molar-refractivity contribution is 5.82. The Morgan fingerprint density at radius 2 is 1.74 bits per heavy atom. The molecule has 1 N–H and O–H groups in total. The molecule has 2 saturated carbocycles. The topological polar surface area (TPSA) is 50.4 Å². The molecule has 0 saturated heterocycles. The first-order chi connectivity index (χ1) is 15.2. The summed E-state index contributed by atoms with van der Waals surface area (Å²) in [4.78, 5) is 8.72. The lowest BCUT2D eigenvalue weighted by Gasteiger charge is -2.33. The summed E-state index contributed by atoms with van der Waals surface area (Å²) in [6.07, 6.45) is 13.5. The summed E-state index contributed by atoms with van der Waals surface area (Å²) < 4.78 is 15.9. The Morgan fingerprint density at radius 3 is 2.55 bits per heavy atom. The van der Waals surface area contributed by atoms with Crippen molar-refractivity contribution in [1.82, 2.24) is 14.4 Å². The molecule has 1 atom stereocenters. The van der Waals surface area contributed by atoms with E-state index >= 15 is 0 Å². The number of nitrogens with zero attached hydrogens (tertiary/aromatic N) is 3. The van der Waals surface area contributed by atoms with Gasteiger partial charge in [-0.05, 0) is 97.7 Å². The standard InChI is InChI=1S/C26H26FN3O/c27-19-7-8-23-22(13-19)20(9-11-29-23)16-3-5-18(6-4-16)26(31)25-21(17-1-2-17)10-12-30-15-28-14-24(25)30/h7-18,26,31H,1-6H2/t16-,18-,26-/m0/s1. The number of benzene rings is 1. The monoisotopic (exact) mass is 415 g/mol. The lowest BCUT2D eigenvalue weighted by atomic mass is 9.74. The minimum Gasteiger partial charge on any atom is -0.388 e. The van der Waals surface area contributed by atoms with Crippen molar-refractivity contribution >= 4 is 16.4 Å². The average Bonchev–Trinajstić information content (AvgIpc) is 3.54. The van der Waals surface area contributed by atoms with Gasteiger partial charge < -0.3 is 9.51 Å². The van der Waals surface area contributed by atoms with Crippen LogP contribution < -0.4 is 0 Å². The van der Waals surface area contributed by atoms with Gasteiger partial charge in [-0.1, -0.05) is 0 Å². The van der Waals surface area contributed by atoms with Crippen molar-refractivity contribution in [2.24, 2.45) is 5.92 Å². The maximum atomic E-state index is 13.9. The van der Waals surface area contributed by atoms with E-state index in [1.807, 2.05) is 29.2 Å². The molecule has 31 heavy (non-hydrogen) atoms. The average molecular weight is 416 g/mol. The van der Waals surface area contributed by atoms with Gasteiger partial charge in [-0.3, -0.25) is 4.98 Å². The number of hydrogen-bond donors (Lipinski definition) is 1. The van der Waals surface area contributed by atoms with Crippen molar-refractivity contribution in [2.75, 3.05) is 0 Å². The zero-order valence-electron chi connectivity index (χ0n) is 17.4. The van der Waals surface area contributed by atoms with E-state index in [1.54, 1.807) is 12.1 Å². The van der Waals surface area contributed by atoms with Crippen LogP contribution in [0.3, 0.4) is 0 Å². The maximum Gasteiger partial charge on any atom is 0.123 e. The highest BCUT2D eigenvalue weighted by Gasteiger charge is 2.34. The fourth-order valence-electron chi connectivity index (χ4n) is 5.58. The van der Waals surface area contributed by atoms with E-state index in [0.29, 0.717) is 11.8 Å². The van der Waals surface area contributed by atoms with Crippen molar-refractivity contribution in [2.45, 2.75) is 56.5 Å². The summed E-state index contributed by atoms with van der Waals surface area (Å²) in [5, 5.41) is 12.4. The fourth-order valence-corrected chi connectivity index (χ4v) is 5.58. The molecule has 0 radical (unpaired) electrons. The Kier molecular flexibility index (Phi) is 4.53. The maximum absolute atomic E-state index is 13.9. The third-order valence-corrected chi connectivity index (χ3v) is 7.38. The van der Waals surface area contributed by atoms with Crippen LogP contribution in [0, 0.1) is 11.7 Å². The molecule has 2 aliphatic carbocycles. The third-order valence-electron chi connectivity index (χ3n) is 7.38. The fraction of sp³-hybridized carbons (Fsp3) is 0.385. The minimum absolute atomic E-state index is 0.215. The van der Waals surface area contributed by atoms with E-state index in [4.69, 9.17) is 0 Å². The number of aromatic nitrogens is 3. The van der Waals surface area contributed by atoms with Crippen molar-refractivity contribution in [1.29, 1.82) is 0 Å². The first kappa shape index (κ1) is 18.9. The van der Waals surface area contributed by atoms with Gasteiger partial charge in [0.25, 0.3) is 0 Å². The number of halogens is 1. The van der Waals surface area contributed by atoms with E-state index in [2.05, 4.69) is 22.2 Å². The Balaban J connectivity index is 1.27. The molecule has 2 fully saturated rings. The molecule has 4 aromatic rings. The Labute approximate surface area is 180 Å². The number of pyridine rings is 2. The van der Waals surface area contributed by atoms with Crippen LogP contribution in [0.5, 0.6) is 0 Å². The summed E-state index contributed by atoms with van der Waals surface area (Å²) in [6.45, 7) is 0. The second-order valence-electron chi connectivity index (χ2n) is 9.26. The van der Waals surface area contributed by atoms with E-state index in [0.717, 1.165) is 47.7 Å². The first-order valence-corrected chi connectivity index (χ1v) is 11.4. The summed E-state index contributed by atoms with van der Waals surface area (Å²) in [6, 6.07) is 9.06. The third kappa shape index (κ3) is 3.32. The number of imidazole rings is 1. The molecule has 0 unspecified atom stereocenters. The summed E-state index contributed by atoms with van der Waals surface area (Å²) in [7, 11) is 0. The molecule has 4 nitrogen and oxygen atoms in total. The summed E-state index contributed by atoms with van der Waals surface area (Å²) >= 11 is 0. The van der Waals surface area contributed by atoms with Crippen LogP contribution in [0.15, 0.2) is 55.2 Å². The molecular weight excluding hydrogens is 389 g/mol. The Bertz CT molecular complexity index is 1250. The van der Waals surface area contributed by atoms with E-state index < -0.39 is 6.10 Å². The van der Waals surface area contributed by atoms with Gasteiger partial charge in [0, 0.05) is 23.3 Å². The largest absolute Gasteiger partial charge is 0.388 e. The first-order valence-electron chi connectivity index (χ1n) is 11.4. The van der Waals surface area contributed by atoms with Crippen molar-refractivity contribution in [3.05, 3.63) is 77.8 Å². The quantitative estimate of drug-likeness (QED) is 0.451. The number of hydrogen-bond acceptors (Lipinski definition) is 3. The molecule has 0 spiro atoms. The Morgan fingerprint density at radius 1 is 0.968 bits per heavy atom. The van der Waals surface area contributed by atoms with Crippen molar-refractivity contribution in [3.63, 3.8) is 0 Å². The molecule has 6 rings (SSSR count). The smallest absolute Gasteiger partial charge is 0.123 e. The van der Waals surface area contributed by atoms with Gasteiger partial charge in [0.05, 0.1) is 29.7 Å². The van der Waals surface area contributed by atoms with Crippen LogP contribution in [0.2, 0.25) is 0 Å². The zero-order valence-corrected chi connectivity index (χ0v) is 17.4. The predicted octanol–water partition coefficient (Wildman–Crippen LogP) is 5.91. The van der Waals surface area contributed by atoms with Gasteiger partial charge in [-0.2, -0.15) is 0 Å². The highest BCUT2D eigenvalue weighted by atomic mass is 19.1. The van der Waals surface area contributed by atoms with Gasteiger partial charge in [0.2, 0.25) is 0 Å². The lowest BCUT2D eigenvalue weighted by Crippen LogP contribution is -2.21. The number of fused-ring (bicyclic) bond motifs is 2. The number of aliphatic hydroxyl groups excluding tert-OH is 1. The zero-order chi connectivity index (χ0) is 20.9. The lowest BCUT2D eigenvalue weighted by molar-refractivity contribution is 0.0811. The van der Waals surface area contributed by atoms with Crippen LogP contribution in [-0.2, 0) is 0 Å². The van der Waals surface area contributed by atoms with Crippen LogP contribution >= 0.6 is 0 Å². The van der Waals surface area contributed by atoms with Crippen molar-refractivity contribution < 1.29 is 9.50 Å². The number of rotatable bonds is 4. The van der Waals surface area contributed by atoms with Crippen molar-refractivity contribution in [3.8, 4) is 0 Å². The van der Waals surface area contributed by atoms with Crippen LogP contribution in [-0.4, -0.2) is 19.5 Å². The second kappa shape index (κ2) is 7.41. The SMILES string of the molecule is O[C@H](c1c(C2CC2)ccn2cncc12)[C@H]1CC[C@H](c2ccnc3ccc(F)cc32)CC1. The molecule has 0 aliphatic heterocycles. The van der Waals surface area contributed by atoms with Gasteiger partial charge in [0.15, 0.2) is 0 Å². The second-order valence-corrected chi connectivity index (χ2v) is 9.26. The molecule has 3 aromatic heterocycles. The normalized spacial score (nSPS) is 22.8. The molecule has 3 heterocycles. The van der Waals surface area contributed by atoms with Gasteiger partial charge >= 0.3 is 0 Å². The Hall–Kier alpha value is -2.79. The predicted molar refractivity (Wildman–Crippen MR) is 119 cm³/mol. The van der Waals surface area contributed by atoms with E-state index in [-0.39, 0.29) is 11.7 Å². The molecule has 1 aromatic carbocycles. The van der Waals surface area contributed by atoms with Gasteiger partial charge in [0.1, 0.15) is 5.82 Å². The number of aliphatic hydroxyl groups is 1. The van der Waals surface area contributed by atoms with E-state index in [1.165, 1.54) is 30.0 Å². The van der Waals surface area contributed by atoms with Crippen LogP contribution in [0.25, 0.3) is 16.4 Å². The van der Waals surface area contributed by atoms with E-state index in [9.17, 15) is 9.50 Å². The van der Waals surface area contributed by atoms with Gasteiger partial charge in [-0.25, -0.2) is 9.37 Å². The minimum atomic E-state index is -0.469. The molecular formula is C26H26FN3O. The molecule has 2 aliphatic rings. The summed E-state index contributed by atoms with van der Waals surface area (Å²) in [5.74, 6) is 0.982. The van der Waals surface area contributed by atoms with Crippen LogP contribution in [0.1, 0.15) is 73.2 Å². The molecule has 5 heteroatoms. The highest BCUT2D eigenvalue weighted by Crippen LogP contribution is 2.48. The van der Waals surface area contributed by atoms with Gasteiger partial charge in [-0.15, -0.1) is 0 Å². The van der Waals surface area contributed by atoms with Crippen LogP contribution in [0.4, 0.5) is 4.39 Å². The molecule has 0 amide bonds.